The van der Waals surface area contributed by atoms with Crippen LogP contribution in [0.15, 0.2) is 41.3 Å². The molecule has 1 aromatic carbocycles. The lowest BCUT2D eigenvalue weighted by Crippen LogP contribution is -2.53. The molecular formula is C19H17F2N3O4. The molecule has 7 nitrogen and oxygen atoms in total. The van der Waals surface area contributed by atoms with E-state index in [2.05, 4.69) is 0 Å². The number of hydrogen-bond acceptors (Lipinski definition) is 5. The van der Waals surface area contributed by atoms with Crippen molar-refractivity contribution in [1.29, 1.82) is 0 Å². The van der Waals surface area contributed by atoms with Crippen LogP contribution in [0.4, 0.5) is 8.78 Å². The van der Waals surface area contributed by atoms with Crippen molar-refractivity contribution in [3.05, 3.63) is 69.7 Å². The highest BCUT2D eigenvalue weighted by molar-refractivity contribution is 5.96. The molecule has 2 bridgehead atoms. The number of carbonyl (C=O) groups is 1. The number of carbonyl (C=O) groups excluding carboxylic acids is 1. The van der Waals surface area contributed by atoms with Crippen molar-refractivity contribution in [3.8, 4) is 11.5 Å². The third-order valence-corrected chi connectivity index (χ3v) is 4.72. The van der Waals surface area contributed by atoms with E-state index >= 15 is 0 Å². The summed E-state index contributed by atoms with van der Waals surface area (Å²) in [6, 6.07) is 3.56. The van der Waals surface area contributed by atoms with E-state index in [4.69, 9.17) is 4.74 Å². The predicted octanol–water partition coefficient (Wildman–Crippen LogP) is 1.72. The number of pyridine rings is 1. The molecule has 0 atom stereocenters. The number of aromatic hydroxyl groups is 1. The van der Waals surface area contributed by atoms with Crippen molar-refractivity contribution >= 4 is 5.91 Å². The van der Waals surface area contributed by atoms with Crippen molar-refractivity contribution in [2.75, 3.05) is 24.8 Å². The van der Waals surface area contributed by atoms with Crippen molar-refractivity contribution in [2.24, 2.45) is 0 Å². The van der Waals surface area contributed by atoms with Crippen LogP contribution in [0.3, 0.4) is 0 Å². The number of amides is 1. The summed E-state index contributed by atoms with van der Waals surface area (Å²) in [5, 5.41) is 11.8. The van der Waals surface area contributed by atoms with E-state index in [1.165, 1.54) is 21.8 Å². The van der Waals surface area contributed by atoms with Gasteiger partial charge in [0.2, 0.25) is 11.2 Å². The second-order valence-corrected chi connectivity index (χ2v) is 6.52. The second kappa shape index (κ2) is 6.99. The van der Waals surface area contributed by atoms with E-state index in [1.54, 1.807) is 17.2 Å². The molecule has 2 aromatic rings. The number of fused-ring (bicyclic) bond motifs is 5. The number of aromatic nitrogens is 1. The lowest BCUT2D eigenvalue weighted by Gasteiger charge is -2.39. The zero-order valence-corrected chi connectivity index (χ0v) is 14.8. The van der Waals surface area contributed by atoms with E-state index in [0.717, 1.165) is 12.1 Å². The molecule has 2 aliphatic heterocycles. The van der Waals surface area contributed by atoms with Crippen LogP contribution in [-0.2, 0) is 6.54 Å². The predicted molar refractivity (Wildman–Crippen MR) is 95.8 cm³/mol. The molecule has 0 saturated carbocycles. The molecule has 146 valence electrons. The standard InChI is InChI=1S/C19H17F2N3O4/c20-13-5-4-12-10-23-11-22(7-2-1-3-9-28-18(12)15(13)21)19(27)16-17(26)14(25)6-8-24(16)23/h1,3-6,8,26H,2,7,9-11H2/b3-1-. The molecule has 0 aliphatic carbocycles. The summed E-state index contributed by atoms with van der Waals surface area (Å²) in [5.74, 6) is -3.44. The van der Waals surface area contributed by atoms with E-state index in [1.807, 2.05) is 0 Å². The first-order valence-corrected chi connectivity index (χ1v) is 8.71. The molecule has 0 saturated heterocycles. The third kappa shape index (κ3) is 2.98. The summed E-state index contributed by atoms with van der Waals surface area (Å²) >= 11 is 0. The summed E-state index contributed by atoms with van der Waals surface area (Å²) in [7, 11) is 0. The van der Waals surface area contributed by atoms with Crippen molar-refractivity contribution in [1.82, 2.24) is 9.58 Å². The van der Waals surface area contributed by atoms with E-state index in [-0.39, 0.29) is 31.3 Å². The Morgan fingerprint density at radius 3 is 2.75 bits per heavy atom. The third-order valence-electron chi connectivity index (χ3n) is 4.72. The Morgan fingerprint density at radius 2 is 1.93 bits per heavy atom. The summed E-state index contributed by atoms with van der Waals surface area (Å²) < 4.78 is 34.8. The Morgan fingerprint density at radius 1 is 1.11 bits per heavy atom. The number of benzene rings is 1. The van der Waals surface area contributed by atoms with Gasteiger partial charge in [-0.25, -0.2) is 4.39 Å². The fourth-order valence-electron chi connectivity index (χ4n) is 3.33. The van der Waals surface area contributed by atoms with Gasteiger partial charge in [0.1, 0.15) is 13.3 Å². The molecule has 9 heteroatoms. The highest BCUT2D eigenvalue weighted by atomic mass is 19.2. The summed E-state index contributed by atoms with van der Waals surface area (Å²) in [5.41, 5.74) is -0.463. The van der Waals surface area contributed by atoms with Crippen LogP contribution in [0.2, 0.25) is 0 Å². The smallest absolute Gasteiger partial charge is 0.277 e. The van der Waals surface area contributed by atoms with Gasteiger partial charge in [0.15, 0.2) is 23.0 Å². The SMILES string of the molecule is O=C1c2c(O)c(=O)ccn2N2Cc3ccc(F)c(F)c3OC/C=C\CCN1C2. The molecular weight excluding hydrogens is 372 g/mol. The van der Waals surface area contributed by atoms with E-state index < -0.39 is 28.7 Å². The zero-order valence-electron chi connectivity index (χ0n) is 14.8. The molecule has 28 heavy (non-hydrogen) atoms. The maximum absolute atomic E-state index is 14.3. The van der Waals surface area contributed by atoms with Crippen LogP contribution in [0.25, 0.3) is 0 Å². The largest absolute Gasteiger partial charge is 0.502 e. The minimum atomic E-state index is -1.09. The molecule has 1 amide bonds. The molecule has 0 radical (unpaired) electrons. The van der Waals surface area contributed by atoms with Gasteiger partial charge in [0.05, 0.1) is 6.54 Å². The molecule has 1 aromatic heterocycles. The van der Waals surface area contributed by atoms with Crippen molar-refractivity contribution < 1.29 is 23.4 Å². The number of nitrogens with zero attached hydrogens (tertiary/aromatic N) is 3. The Bertz CT molecular complexity index is 1030. The highest BCUT2D eigenvalue weighted by Crippen LogP contribution is 2.28. The van der Waals surface area contributed by atoms with E-state index in [9.17, 15) is 23.5 Å². The second-order valence-electron chi connectivity index (χ2n) is 6.52. The zero-order chi connectivity index (χ0) is 19.8. The van der Waals surface area contributed by atoms with Gasteiger partial charge in [-0.05, 0) is 12.5 Å². The summed E-state index contributed by atoms with van der Waals surface area (Å²) in [6.07, 6.45) is 5.30. The Kier molecular flexibility index (Phi) is 4.50. The van der Waals surface area contributed by atoms with Gasteiger partial charge in [-0.3, -0.25) is 19.3 Å². The molecule has 0 spiro atoms. The van der Waals surface area contributed by atoms with E-state index in [0.29, 0.717) is 18.5 Å². The van der Waals surface area contributed by atoms with Crippen LogP contribution >= 0.6 is 0 Å². The average molecular weight is 389 g/mol. The van der Waals surface area contributed by atoms with Crippen LogP contribution < -0.4 is 15.2 Å². The van der Waals surface area contributed by atoms with Crippen LogP contribution in [0, 0.1) is 11.6 Å². The topological polar surface area (TPSA) is 75.0 Å². The quantitative estimate of drug-likeness (QED) is 0.695. The fraction of sp³-hybridized carbons (Fsp3) is 0.263. The first-order valence-electron chi connectivity index (χ1n) is 8.71. The van der Waals surface area contributed by atoms with Gasteiger partial charge in [0.25, 0.3) is 5.91 Å². The van der Waals surface area contributed by atoms with Gasteiger partial charge >= 0.3 is 0 Å². The van der Waals surface area contributed by atoms with Gasteiger partial charge in [0, 0.05) is 24.4 Å². The lowest BCUT2D eigenvalue weighted by atomic mass is 10.1. The van der Waals surface area contributed by atoms with Gasteiger partial charge in [-0.1, -0.05) is 18.2 Å². The summed E-state index contributed by atoms with van der Waals surface area (Å²) in [4.78, 5) is 26.1. The van der Waals surface area contributed by atoms with Crippen LogP contribution in [0.5, 0.6) is 11.5 Å². The Labute approximate surface area is 158 Å². The number of halogens is 2. The minimum absolute atomic E-state index is 0.0609. The van der Waals surface area contributed by atoms with Gasteiger partial charge < -0.3 is 14.7 Å². The molecule has 0 fully saturated rings. The maximum Gasteiger partial charge on any atom is 0.277 e. The number of hydrogen-bond donors (Lipinski definition) is 1. The van der Waals surface area contributed by atoms with Crippen molar-refractivity contribution in [2.45, 2.75) is 13.0 Å². The fourth-order valence-corrected chi connectivity index (χ4v) is 3.33. The normalized spacial score (nSPS) is 17.7. The molecule has 3 heterocycles. The molecule has 4 rings (SSSR count). The maximum atomic E-state index is 14.3. The average Bonchev–Trinajstić information content (AvgIpc) is 2.67. The minimum Gasteiger partial charge on any atom is -0.502 e. The van der Waals surface area contributed by atoms with Gasteiger partial charge in [-0.2, -0.15) is 4.39 Å². The van der Waals surface area contributed by atoms with Gasteiger partial charge in [-0.15, -0.1) is 0 Å². The lowest BCUT2D eigenvalue weighted by molar-refractivity contribution is 0.0688. The molecule has 2 aliphatic rings. The first kappa shape index (κ1) is 18.0. The Balaban J connectivity index is 1.86. The number of rotatable bonds is 0. The monoisotopic (exact) mass is 389 g/mol. The molecule has 1 N–H and O–H groups in total. The first-order chi connectivity index (χ1) is 13.5. The summed E-state index contributed by atoms with van der Waals surface area (Å²) in [6.45, 7) is 0.625. The highest BCUT2D eigenvalue weighted by Gasteiger charge is 2.32. The van der Waals surface area contributed by atoms with Crippen LogP contribution in [0.1, 0.15) is 22.5 Å². The van der Waals surface area contributed by atoms with Crippen molar-refractivity contribution in [3.63, 3.8) is 0 Å². The Hall–Kier alpha value is -3.36. The molecule has 0 unspecified atom stereocenters. The van der Waals surface area contributed by atoms with Crippen LogP contribution in [-0.4, -0.2) is 40.4 Å². The number of ether oxygens (including phenoxy) is 1.